The van der Waals surface area contributed by atoms with E-state index in [2.05, 4.69) is 20.2 Å². The van der Waals surface area contributed by atoms with Gasteiger partial charge in [-0.15, -0.1) is 0 Å². The zero-order chi connectivity index (χ0) is 30.6. The molecule has 2 aromatic rings. The SMILES string of the molecule is COC(=O)C1C(C)=NC(C)=C(C(=O)NC(C(=O)N2CCN(c3ccccn3)CC2)C(C)C)C1c1cccc([N+](=O)[O-])c1. The lowest BCUT2D eigenvalue weighted by molar-refractivity contribution is -0.384. The van der Waals surface area contributed by atoms with Crippen LogP contribution in [0.5, 0.6) is 0 Å². The van der Waals surface area contributed by atoms with Gasteiger partial charge in [-0.2, -0.15) is 0 Å². The van der Waals surface area contributed by atoms with Crippen LogP contribution in [0.15, 0.2) is 64.9 Å². The molecule has 1 N–H and O–H groups in total. The molecule has 0 saturated carbocycles. The Hall–Kier alpha value is -4.61. The van der Waals surface area contributed by atoms with E-state index >= 15 is 0 Å². The lowest BCUT2D eigenvalue weighted by atomic mass is 9.75. The molecule has 3 atom stereocenters. The number of carbonyl (C=O) groups is 3. The molecule has 2 aliphatic heterocycles. The van der Waals surface area contributed by atoms with E-state index in [-0.39, 0.29) is 23.1 Å². The van der Waals surface area contributed by atoms with Crippen molar-refractivity contribution in [3.05, 3.63) is 75.6 Å². The number of aliphatic imine (C=N–C) groups is 1. The fraction of sp³-hybridized carbons (Fsp3) is 0.433. The Morgan fingerprint density at radius 3 is 2.38 bits per heavy atom. The molecule has 1 aromatic carbocycles. The first-order chi connectivity index (χ1) is 20.0. The van der Waals surface area contributed by atoms with E-state index in [0.717, 1.165) is 5.82 Å². The van der Waals surface area contributed by atoms with Gasteiger partial charge >= 0.3 is 5.97 Å². The molecule has 222 valence electrons. The number of rotatable bonds is 8. The molecule has 0 bridgehead atoms. The van der Waals surface area contributed by atoms with E-state index in [1.165, 1.54) is 25.3 Å². The van der Waals surface area contributed by atoms with Gasteiger partial charge in [0, 0.05) is 67.4 Å². The number of pyridine rings is 1. The van der Waals surface area contributed by atoms with Gasteiger partial charge in [-0.25, -0.2) is 4.98 Å². The van der Waals surface area contributed by atoms with Gasteiger partial charge < -0.3 is 19.9 Å². The van der Waals surface area contributed by atoms with Crippen molar-refractivity contribution in [2.75, 3.05) is 38.2 Å². The summed E-state index contributed by atoms with van der Waals surface area (Å²) in [5, 5.41) is 14.5. The molecule has 0 aliphatic carbocycles. The maximum atomic E-state index is 14.0. The predicted octanol–water partition coefficient (Wildman–Crippen LogP) is 3.10. The number of allylic oxidation sites excluding steroid dienone is 1. The third-order valence-electron chi connectivity index (χ3n) is 7.75. The van der Waals surface area contributed by atoms with Crippen LogP contribution in [-0.4, -0.2) is 77.6 Å². The topological polar surface area (TPSA) is 147 Å². The summed E-state index contributed by atoms with van der Waals surface area (Å²) in [5.74, 6) is -2.65. The first kappa shape index (κ1) is 30.4. The molecule has 3 unspecified atom stereocenters. The van der Waals surface area contributed by atoms with Gasteiger partial charge in [-0.1, -0.05) is 32.0 Å². The van der Waals surface area contributed by atoms with Crippen LogP contribution in [0.4, 0.5) is 11.5 Å². The molecule has 12 nitrogen and oxygen atoms in total. The Morgan fingerprint density at radius 1 is 1.07 bits per heavy atom. The Balaban J connectivity index is 1.61. The summed E-state index contributed by atoms with van der Waals surface area (Å²) in [7, 11) is 1.24. The van der Waals surface area contributed by atoms with Crippen LogP contribution >= 0.6 is 0 Å². The van der Waals surface area contributed by atoms with Gasteiger partial charge in [0.15, 0.2) is 0 Å². The molecule has 0 spiro atoms. The average molecular weight is 577 g/mol. The normalized spacial score (nSPS) is 19.7. The Morgan fingerprint density at radius 2 is 1.79 bits per heavy atom. The molecule has 0 radical (unpaired) electrons. The van der Waals surface area contributed by atoms with Gasteiger partial charge in [-0.3, -0.25) is 29.5 Å². The molecule has 12 heteroatoms. The third-order valence-corrected chi connectivity index (χ3v) is 7.75. The van der Waals surface area contributed by atoms with Crippen LogP contribution in [0.1, 0.15) is 39.2 Å². The summed E-state index contributed by atoms with van der Waals surface area (Å²) in [6, 6.07) is 10.7. The van der Waals surface area contributed by atoms with Crippen LogP contribution in [0.25, 0.3) is 0 Å². The number of nitro benzene ring substituents is 1. The van der Waals surface area contributed by atoms with Crippen molar-refractivity contribution < 1.29 is 24.0 Å². The van der Waals surface area contributed by atoms with Crippen LogP contribution in [0.2, 0.25) is 0 Å². The number of esters is 1. The van der Waals surface area contributed by atoms with Crippen molar-refractivity contribution >= 4 is 35.0 Å². The summed E-state index contributed by atoms with van der Waals surface area (Å²) < 4.78 is 5.05. The van der Waals surface area contributed by atoms with Gasteiger partial charge in [-0.05, 0) is 37.5 Å². The summed E-state index contributed by atoms with van der Waals surface area (Å²) in [5.41, 5.74) is 1.18. The van der Waals surface area contributed by atoms with Gasteiger partial charge in [0.2, 0.25) is 11.8 Å². The van der Waals surface area contributed by atoms with Crippen LogP contribution < -0.4 is 10.2 Å². The number of carbonyl (C=O) groups excluding carboxylic acids is 3. The zero-order valence-corrected chi connectivity index (χ0v) is 24.4. The standard InChI is InChI=1S/C30H36N6O6/c1-18(2)27(29(38)35-15-13-34(14-16-35)23-11-6-7-12-31-23)33-28(37)24-19(3)32-20(4)25(30(39)42-5)26(24)21-9-8-10-22(17-21)36(40)41/h6-12,17-18,25-27H,13-16H2,1-5H3,(H,33,37). The number of ether oxygens (including phenoxy) is 1. The fourth-order valence-corrected chi connectivity index (χ4v) is 5.58. The number of hydrogen-bond acceptors (Lipinski definition) is 9. The monoisotopic (exact) mass is 576 g/mol. The number of nitrogens with zero attached hydrogens (tertiary/aromatic N) is 5. The second kappa shape index (κ2) is 12.9. The van der Waals surface area contributed by atoms with E-state index < -0.39 is 34.7 Å². The van der Waals surface area contributed by atoms with Crippen molar-refractivity contribution in [1.82, 2.24) is 15.2 Å². The maximum absolute atomic E-state index is 14.0. The largest absolute Gasteiger partial charge is 0.468 e. The van der Waals surface area contributed by atoms with E-state index in [9.17, 15) is 24.5 Å². The number of benzene rings is 1. The van der Waals surface area contributed by atoms with Crippen molar-refractivity contribution in [2.45, 2.75) is 39.7 Å². The number of nitro groups is 1. The van der Waals surface area contributed by atoms with E-state index in [4.69, 9.17) is 4.74 Å². The van der Waals surface area contributed by atoms with Gasteiger partial charge in [0.25, 0.3) is 5.69 Å². The summed E-state index contributed by atoms with van der Waals surface area (Å²) in [6.07, 6.45) is 1.73. The molecule has 1 fully saturated rings. The first-order valence-electron chi connectivity index (χ1n) is 13.9. The van der Waals surface area contributed by atoms with E-state index in [1.54, 1.807) is 31.0 Å². The number of anilines is 1. The van der Waals surface area contributed by atoms with Crippen molar-refractivity contribution in [2.24, 2.45) is 16.8 Å². The highest BCUT2D eigenvalue weighted by Crippen LogP contribution is 2.40. The number of amides is 2. The lowest BCUT2D eigenvalue weighted by Gasteiger charge is -2.38. The van der Waals surface area contributed by atoms with E-state index in [0.29, 0.717) is 43.2 Å². The molecular weight excluding hydrogens is 540 g/mol. The van der Waals surface area contributed by atoms with E-state index in [1.807, 2.05) is 32.0 Å². The minimum Gasteiger partial charge on any atom is -0.468 e. The van der Waals surface area contributed by atoms with Gasteiger partial charge in [0.05, 0.1) is 12.0 Å². The zero-order valence-electron chi connectivity index (χ0n) is 24.4. The molecule has 3 heterocycles. The quantitative estimate of drug-likeness (QED) is 0.286. The predicted molar refractivity (Wildman–Crippen MR) is 157 cm³/mol. The number of hydrogen-bond donors (Lipinski definition) is 1. The number of non-ortho nitro benzene ring substituents is 1. The minimum absolute atomic E-state index is 0.162. The number of nitrogens with one attached hydrogen (secondary N) is 1. The molecule has 1 aromatic heterocycles. The summed E-state index contributed by atoms with van der Waals surface area (Å²) >= 11 is 0. The average Bonchev–Trinajstić information content (AvgIpc) is 2.99. The van der Waals surface area contributed by atoms with Crippen LogP contribution in [0.3, 0.4) is 0 Å². The van der Waals surface area contributed by atoms with Gasteiger partial charge in [0.1, 0.15) is 17.8 Å². The van der Waals surface area contributed by atoms with Crippen molar-refractivity contribution in [3.8, 4) is 0 Å². The highest BCUT2D eigenvalue weighted by molar-refractivity contribution is 6.08. The molecule has 2 aliphatic rings. The Bertz CT molecular complexity index is 1410. The molecule has 2 amide bonds. The second-order valence-electron chi connectivity index (χ2n) is 10.8. The smallest absolute Gasteiger partial charge is 0.315 e. The Kier molecular flexibility index (Phi) is 9.34. The summed E-state index contributed by atoms with van der Waals surface area (Å²) in [4.78, 5) is 64.4. The number of methoxy groups -OCH3 is 1. The number of piperazine rings is 1. The minimum atomic E-state index is -0.977. The maximum Gasteiger partial charge on any atom is 0.315 e. The second-order valence-corrected chi connectivity index (χ2v) is 10.8. The van der Waals surface area contributed by atoms with Crippen molar-refractivity contribution in [3.63, 3.8) is 0 Å². The summed E-state index contributed by atoms with van der Waals surface area (Å²) in [6.45, 7) is 9.18. The molecule has 42 heavy (non-hydrogen) atoms. The fourth-order valence-electron chi connectivity index (χ4n) is 5.58. The molecule has 4 rings (SSSR count). The number of aromatic nitrogens is 1. The van der Waals surface area contributed by atoms with Crippen LogP contribution in [0, 0.1) is 22.0 Å². The highest BCUT2D eigenvalue weighted by atomic mass is 16.6. The van der Waals surface area contributed by atoms with Crippen molar-refractivity contribution in [1.29, 1.82) is 0 Å². The third kappa shape index (κ3) is 6.32. The highest BCUT2D eigenvalue weighted by Gasteiger charge is 2.43. The Labute approximate surface area is 244 Å². The lowest BCUT2D eigenvalue weighted by Crippen LogP contribution is -2.57. The first-order valence-corrected chi connectivity index (χ1v) is 13.9. The molecular formula is C30H36N6O6. The molecule has 1 saturated heterocycles. The van der Waals surface area contributed by atoms with Crippen LogP contribution in [-0.2, 0) is 19.1 Å².